The summed E-state index contributed by atoms with van der Waals surface area (Å²) in [5, 5.41) is 12.8. The molecule has 26 heavy (non-hydrogen) atoms. The molecule has 0 aliphatic rings. The number of hydrogen-bond acceptors (Lipinski definition) is 5. The Bertz CT molecular complexity index is 909. The van der Waals surface area contributed by atoms with Crippen LogP contribution in [0.4, 0.5) is 4.39 Å². The lowest BCUT2D eigenvalue weighted by Gasteiger charge is -2.03. The van der Waals surface area contributed by atoms with Crippen molar-refractivity contribution < 1.29 is 9.18 Å². The minimum Gasteiger partial charge on any atom is -0.305 e. The van der Waals surface area contributed by atoms with Gasteiger partial charge in [-0.25, -0.2) is 9.82 Å². The van der Waals surface area contributed by atoms with E-state index < -0.39 is 0 Å². The van der Waals surface area contributed by atoms with Gasteiger partial charge in [0.25, 0.3) is 5.91 Å². The van der Waals surface area contributed by atoms with Crippen molar-refractivity contribution >= 4 is 23.9 Å². The van der Waals surface area contributed by atoms with Crippen molar-refractivity contribution in [2.75, 3.05) is 5.75 Å². The molecule has 6 nitrogen and oxygen atoms in total. The fourth-order valence-electron chi connectivity index (χ4n) is 2.17. The lowest BCUT2D eigenvalue weighted by atomic mass is 10.2. The van der Waals surface area contributed by atoms with Gasteiger partial charge in [0.15, 0.2) is 11.0 Å². The molecule has 1 amide bonds. The van der Waals surface area contributed by atoms with Crippen molar-refractivity contribution in [2.24, 2.45) is 12.1 Å². The number of halogens is 1. The molecule has 1 aromatic heterocycles. The molecule has 0 saturated heterocycles. The number of carbonyl (C=O) groups excluding carboxylic acids is 1. The molecule has 0 saturated carbocycles. The van der Waals surface area contributed by atoms with Crippen LogP contribution in [-0.2, 0) is 11.8 Å². The number of benzene rings is 2. The van der Waals surface area contributed by atoms with Gasteiger partial charge in [-0.1, -0.05) is 54.2 Å². The summed E-state index contributed by atoms with van der Waals surface area (Å²) in [5.41, 5.74) is 4.09. The third kappa shape index (κ3) is 4.54. The first kappa shape index (κ1) is 17.8. The molecule has 0 aliphatic carbocycles. The molecule has 0 unspecified atom stereocenters. The highest BCUT2D eigenvalue weighted by molar-refractivity contribution is 7.99. The summed E-state index contributed by atoms with van der Waals surface area (Å²) in [6.45, 7) is 0. The highest BCUT2D eigenvalue weighted by Crippen LogP contribution is 2.22. The van der Waals surface area contributed by atoms with Gasteiger partial charge in [0, 0.05) is 12.6 Å². The van der Waals surface area contributed by atoms with Crippen LogP contribution in [0.2, 0.25) is 0 Å². The number of nitrogens with zero attached hydrogens (tertiary/aromatic N) is 4. The first-order chi connectivity index (χ1) is 12.6. The van der Waals surface area contributed by atoms with E-state index in [-0.39, 0.29) is 17.5 Å². The first-order valence-corrected chi connectivity index (χ1v) is 8.77. The summed E-state index contributed by atoms with van der Waals surface area (Å²) >= 11 is 1.27. The molecule has 2 aromatic carbocycles. The van der Waals surface area contributed by atoms with Crippen molar-refractivity contribution in [1.29, 1.82) is 0 Å². The SMILES string of the molecule is Cn1c(SCC(=O)N/N=C/c2ccc(F)cc2)nnc1-c1ccccc1. The summed E-state index contributed by atoms with van der Waals surface area (Å²) in [6, 6.07) is 15.5. The lowest BCUT2D eigenvalue weighted by Crippen LogP contribution is -2.19. The van der Waals surface area contributed by atoms with Crippen LogP contribution in [0.25, 0.3) is 11.4 Å². The predicted molar refractivity (Wildman–Crippen MR) is 99.3 cm³/mol. The van der Waals surface area contributed by atoms with E-state index in [1.807, 2.05) is 41.9 Å². The van der Waals surface area contributed by atoms with Crippen LogP contribution in [0, 0.1) is 5.82 Å². The number of nitrogens with one attached hydrogen (secondary N) is 1. The summed E-state index contributed by atoms with van der Waals surface area (Å²) in [4.78, 5) is 11.9. The minimum atomic E-state index is -0.318. The predicted octanol–water partition coefficient (Wildman–Crippen LogP) is 2.86. The average Bonchev–Trinajstić information content (AvgIpc) is 3.03. The molecule has 132 valence electrons. The van der Waals surface area contributed by atoms with Crippen LogP contribution in [0.1, 0.15) is 5.56 Å². The van der Waals surface area contributed by atoms with E-state index >= 15 is 0 Å². The van der Waals surface area contributed by atoms with Crippen molar-refractivity contribution in [3.05, 3.63) is 66.0 Å². The second kappa shape index (κ2) is 8.39. The van der Waals surface area contributed by atoms with Gasteiger partial charge in [0.1, 0.15) is 5.82 Å². The number of thioether (sulfide) groups is 1. The van der Waals surface area contributed by atoms with E-state index in [2.05, 4.69) is 20.7 Å². The van der Waals surface area contributed by atoms with E-state index in [1.165, 1.54) is 30.1 Å². The number of aromatic nitrogens is 3. The molecule has 0 atom stereocenters. The van der Waals surface area contributed by atoms with Crippen molar-refractivity contribution in [2.45, 2.75) is 5.16 Å². The molecule has 0 bridgehead atoms. The van der Waals surface area contributed by atoms with Crippen LogP contribution in [-0.4, -0.2) is 32.6 Å². The molecule has 3 rings (SSSR count). The van der Waals surface area contributed by atoms with Crippen molar-refractivity contribution in [3.8, 4) is 11.4 Å². The minimum absolute atomic E-state index is 0.154. The standard InChI is InChI=1S/C18H16FN5OS/c1-24-17(14-5-3-2-4-6-14)22-23-18(24)26-12-16(25)21-20-11-13-7-9-15(19)10-8-13/h2-11H,12H2,1H3,(H,21,25)/b20-11+. The molecule has 0 radical (unpaired) electrons. The van der Waals surface area contributed by atoms with Crippen molar-refractivity contribution in [3.63, 3.8) is 0 Å². The fraction of sp³-hybridized carbons (Fsp3) is 0.111. The largest absolute Gasteiger partial charge is 0.305 e. The van der Waals surface area contributed by atoms with Gasteiger partial charge in [0.05, 0.1) is 12.0 Å². The second-order valence-corrected chi connectivity index (χ2v) is 6.31. The molecule has 1 N–H and O–H groups in total. The second-order valence-electron chi connectivity index (χ2n) is 5.36. The van der Waals surface area contributed by atoms with Gasteiger partial charge >= 0.3 is 0 Å². The molecular weight excluding hydrogens is 353 g/mol. The number of amides is 1. The topological polar surface area (TPSA) is 72.2 Å². The van der Waals surface area contributed by atoms with E-state index in [9.17, 15) is 9.18 Å². The van der Waals surface area contributed by atoms with Gasteiger partial charge < -0.3 is 4.57 Å². The maximum atomic E-state index is 12.8. The third-order valence-corrected chi connectivity index (χ3v) is 4.49. The highest BCUT2D eigenvalue weighted by atomic mass is 32.2. The van der Waals surface area contributed by atoms with Crippen LogP contribution < -0.4 is 5.43 Å². The summed E-state index contributed by atoms with van der Waals surface area (Å²) in [5.74, 6) is 0.309. The maximum absolute atomic E-state index is 12.8. The Labute approximate surface area is 154 Å². The van der Waals surface area contributed by atoms with Crippen LogP contribution in [0.3, 0.4) is 0 Å². The Morgan fingerprint density at radius 3 is 2.65 bits per heavy atom. The van der Waals surface area contributed by atoms with Gasteiger partial charge in [-0.05, 0) is 17.7 Å². The Morgan fingerprint density at radius 2 is 1.92 bits per heavy atom. The van der Waals surface area contributed by atoms with Crippen LogP contribution >= 0.6 is 11.8 Å². The molecule has 3 aromatic rings. The zero-order chi connectivity index (χ0) is 18.4. The summed E-state index contributed by atoms with van der Waals surface area (Å²) in [6.07, 6.45) is 1.46. The molecule has 1 heterocycles. The molecule has 0 fully saturated rings. The first-order valence-electron chi connectivity index (χ1n) is 7.78. The van der Waals surface area contributed by atoms with Gasteiger partial charge in [0.2, 0.25) is 0 Å². The van der Waals surface area contributed by atoms with Crippen molar-refractivity contribution in [1.82, 2.24) is 20.2 Å². The zero-order valence-corrected chi connectivity index (χ0v) is 14.8. The zero-order valence-electron chi connectivity index (χ0n) is 14.0. The quantitative estimate of drug-likeness (QED) is 0.412. The number of hydrazone groups is 1. The highest BCUT2D eigenvalue weighted by Gasteiger charge is 2.12. The van der Waals surface area contributed by atoms with E-state index in [0.29, 0.717) is 10.7 Å². The maximum Gasteiger partial charge on any atom is 0.250 e. The Morgan fingerprint density at radius 1 is 1.19 bits per heavy atom. The third-order valence-electron chi connectivity index (χ3n) is 3.47. The Kier molecular flexibility index (Phi) is 5.75. The monoisotopic (exact) mass is 369 g/mol. The van der Waals surface area contributed by atoms with Gasteiger partial charge in [-0.2, -0.15) is 5.10 Å². The van der Waals surface area contributed by atoms with E-state index in [1.54, 1.807) is 12.1 Å². The number of hydrogen-bond donors (Lipinski definition) is 1. The summed E-state index contributed by atoms with van der Waals surface area (Å²) in [7, 11) is 1.86. The Balaban J connectivity index is 1.53. The molecule has 0 aliphatic heterocycles. The van der Waals surface area contributed by atoms with Gasteiger partial charge in [-0.3, -0.25) is 4.79 Å². The molecule has 0 spiro atoms. The lowest BCUT2D eigenvalue weighted by molar-refractivity contribution is -0.118. The van der Waals surface area contributed by atoms with Crippen LogP contribution in [0.15, 0.2) is 64.9 Å². The normalized spacial score (nSPS) is 11.0. The van der Waals surface area contributed by atoms with Crippen LogP contribution in [0.5, 0.6) is 0 Å². The summed E-state index contributed by atoms with van der Waals surface area (Å²) < 4.78 is 14.7. The molecule has 8 heteroatoms. The average molecular weight is 369 g/mol. The number of rotatable bonds is 6. The van der Waals surface area contributed by atoms with E-state index in [0.717, 1.165) is 11.4 Å². The van der Waals surface area contributed by atoms with Gasteiger partial charge in [-0.15, -0.1) is 10.2 Å². The smallest absolute Gasteiger partial charge is 0.250 e. The Hall–Kier alpha value is -3.00. The van der Waals surface area contributed by atoms with E-state index in [4.69, 9.17) is 0 Å². The number of carbonyl (C=O) groups is 1. The fourth-order valence-corrected chi connectivity index (χ4v) is 2.87. The molecular formula is C18H16FN5OS.